The highest BCUT2D eigenvalue weighted by molar-refractivity contribution is 5.94. The number of rotatable bonds is 2. The fourth-order valence-electron chi connectivity index (χ4n) is 1.47. The fraction of sp³-hybridized carbons (Fsp3) is 0.0833. The molecule has 0 aliphatic carbocycles. The molecule has 0 N–H and O–H groups in total. The van der Waals surface area contributed by atoms with E-state index in [2.05, 4.69) is 4.74 Å². The largest absolute Gasteiger partial charge is 0.465 e. The van der Waals surface area contributed by atoms with Gasteiger partial charge in [-0.3, -0.25) is 9.59 Å². The van der Waals surface area contributed by atoms with Crippen LogP contribution in [0.5, 0.6) is 0 Å². The Bertz CT molecular complexity index is 653. The number of esters is 1. The van der Waals surface area contributed by atoms with Crippen LogP contribution in [0.4, 0.5) is 0 Å². The van der Waals surface area contributed by atoms with E-state index in [-0.39, 0.29) is 16.5 Å². The smallest absolute Gasteiger partial charge is 0.337 e. The van der Waals surface area contributed by atoms with Gasteiger partial charge in [0.15, 0.2) is 6.29 Å². The maximum Gasteiger partial charge on any atom is 0.337 e. The topological polar surface area (TPSA) is 73.6 Å². The van der Waals surface area contributed by atoms with Crippen LogP contribution in [-0.4, -0.2) is 19.4 Å². The van der Waals surface area contributed by atoms with Crippen molar-refractivity contribution in [1.29, 1.82) is 0 Å². The van der Waals surface area contributed by atoms with Crippen molar-refractivity contribution < 1.29 is 18.7 Å². The monoisotopic (exact) mass is 232 g/mol. The zero-order valence-electron chi connectivity index (χ0n) is 8.93. The van der Waals surface area contributed by atoms with Crippen molar-refractivity contribution in [3.63, 3.8) is 0 Å². The summed E-state index contributed by atoms with van der Waals surface area (Å²) < 4.78 is 9.64. The molecule has 86 valence electrons. The highest BCUT2D eigenvalue weighted by Gasteiger charge is 2.10. The van der Waals surface area contributed by atoms with E-state index < -0.39 is 11.4 Å². The van der Waals surface area contributed by atoms with E-state index >= 15 is 0 Å². The van der Waals surface area contributed by atoms with E-state index in [1.54, 1.807) is 0 Å². The summed E-state index contributed by atoms with van der Waals surface area (Å²) in [5.74, 6) is -0.553. The molecular formula is C12H8O5. The van der Waals surface area contributed by atoms with E-state index in [4.69, 9.17) is 4.42 Å². The van der Waals surface area contributed by atoms with Gasteiger partial charge in [-0.25, -0.2) is 4.79 Å². The van der Waals surface area contributed by atoms with Gasteiger partial charge in [-0.15, -0.1) is 0 Å². The maximum absolute atomic E-state index is 11.8. The normalized spacial score (nSPS) is 10.2. The van der Waals surface area contributed by atoms with Crippen LogP contribution in [0.2, 0.25) is 0 Å². The summed E-state index contributed by atoms with van der Waals surface area (Å²) in [6.45, 7) is 0. The minimum atomic E-state index is -0.553. The van der Waals surface area contributed by atoms with Crippen LogP contribution in [-0.2, 0) is 4.74 Å². The number of benzene rings is 1. The lowest BCUT2D eigenvalue weighted by atomic mass is 10.1. The molecule has 17 heavy (non-hydrogen) atoms. The summed E-state index contributed by atoms with van der Waals surface area (Å²) >= 11 is 0. The average Bonchev–Trinajstić information content (AvgIpc) is 2.38. The van der Waals surface area contributed by atoms with Crippen LogP contribution in [0, 0.1) is 0 Å². The standard InChI is InChI=1S/C12H8O5/c1-16-12(15)7-2-3-10-9(4-7)11(14)8(5-13)6-17-10/h2-6H,1H3. The highest BCUT2D eigenvalue weighted by atomic mass is 16.5. The molecule has 0 aliphatic rings. The van der Waals surface area contributed by atoms with Gasteiger partial charge in [-0.2, -0.15) is 0 Å². The van der Waals surface area contributed by atoms with Gasteiger partial charge in [0.25, 0.3) is 0 Å². The summed E-state index contributed by atoms with van der Waals surface area (Å²) in [5, 5.41) is 0.178. The lowest BCUT2D eigenvalue weighted by Crippen LogP contribution is -2.09. The summed E-state index contributed by atoms with van der Waals surface area (Å²) in [6.07, 6.45) is 1.51. The molecule has 0 saturated carbocycles. The first-order valence-electron chi connectivity index (χ1n) is 4.76. The van der Waals surface area contributed by atoms with Gasteiger partial charge in [0.05, 0.1) is 23.6 Å². The first kappa shape index (κ1) is 11.1. The molecule has 0 aliphatic heterocycles. The second-order valence-electron chi connectivity index (χ2n) is 3.34. The average molecular weight is 232 g/mol. The molecule has 5 nitrogen and oxygen atoms in total. The lowest BCUT2D eigenvalue weighted by Gasteiger charge is -2.01. The number of carbonyl (C=O) groups excluding carboxylic acids is 2. The van der Waals surface area contributed by atoms with E-state index in [0.29, 0.717) is 11.9 Å². The Kier molecular flexibility index (Phi) is 2.74. The number of methoxy groups -OCH3 is 1. The van der Waals surface area contributed by atoms with Crippen molar-refractivity contribution in [2.45, 2.75) is 0 Å². The molecule has 0 fully saturated rings. The molecule has 0 saturated heterocycles. The van der Waals surface area contributed by atoms with Gasteiger partial charge in [0.2, 0.25) is 5.43 Å². The Morgan fingerprint density at radius 2 is 2.18 bits per heavy atom. The Balaban J connectivity index is 2.75. The lowest BCUT2D eigenvalue weighted by molar-refractivity contribution is 0.0601. The zero-order chi connectivity index (χ0) is 12.4. The van der Waals surface area contributed by atoms with Crippen LogP contribution < -0.4 is 5.43 Å². The van der Waals surface area contributed by atoms with Gasteiger partial charge < -0.3 is 9.15 Å². The molecule has 1 aromatic heterocycles. The van der Waals surface area contributed by atoms with Gasteiger partial charge in [-0.1, -0.05) is 0 Å². The Morgan fingerprint density at radius 1 is 1.41 bits per heavy atom. The summed E-state index contributed by atoms with van der Waals surface area (Å²) in [5.41, 5.74) is -0.00452. The van der Waals surface area contributed by atoms with Crippen molar-refractivity contribution >= 4 is 23.2 Å². The van der Waals surface area contributed by atoms with Crippen LogP contribution >= 0.6 is 0 Å². The van der Waals surface area contributed by atoms with Crippen LogP contribution in [0.1, 0.15) is 20.7 Å². The van der Waals surface area contributed by atoms with E-state index in [1.165, 1.54) is 25.3 Å². The van der Waals surface area contributed by atoms with E-state index in [0.717, 1.165) is 6.26 Å². The number of hydrogen-bond donors (Lipinski definition) is 0. The predicted molar refractivity (Wildman–Crippen MR) is 59.2 cm³/mol. The number of ether oxygens (including phenoxy) is 1. The molecule has 0 unspecified atom stereocenters. The van der Waals surface area contributed by atoms with Crippen LogP contribution in [0.3, 0.4) is 0 Å². The molecule has 1 heterocycles. The van der Waals surface area contributed by atoms with Crippen molar-refractivity contribution in [2.75, 3.05) is 7.11 Å². The minimum absolute atomic E-state index is 0.0838. The van der Waals surface area contributed by atoms with E-state index in [9.17, 15) is 14.4 Å². The zero-order valence-corrected chi connectivity index (χ0v) is 8.93. The molecule has 2 rings (SSSR count). The predicted octanol–water partition coefficient (Wildman–Crippen LogP) is 1.39. The van der Waals surface area contributed by atoms with Crippen LogP contribution in [0.25, 0.3) is 11.0 Å². The first-order chi connectivity index (χ1) is 8.17. The SMILES string of the molecule is COC(=O)c1ccc2occ(C=O)c(=O)c2c1. The molecule has 2 aromatic rings. The molecule has 0 radical (unpaired) electrons. The van der Waals surface area contributed by atoms with Crippen molar-refractivity contribution in [1.82, 2.24) is 0 Å². The second kappa shape index (κ2) is 4.21. The number of hydrogen-bond acceptors (Lipinski definition) is 5. The molecular weight excluding hydrogens is 224 g/mol. The Labute approximate surface area is 95.6 Å². The third-order valence-corrected chi connectivity index (χ3v) is 2.35. The Morgan fingerprint density at radius 3 is 2.82 bits per heavy atom. The van der Waals surface area contributed by atoms with E-state index in [1.807, 2.05) is 0 Å². The van der Waals surface area contributed by atoms with Gasteiger partial charge in [-0.05, 0) is 18.2 Å². The van der Waals surface area contributed by atoms with Gasteiger partial charge in [0, 0.05) is 0 Å². The van der Waals surface area contributed by atoms with Crippen molar-refractivity contribution in [3.8, 4) is 0 Å². The van der Waals surface area contributed by atoms with Crippen molar-refractivity contribution in [3.05, 3.63) is 45.8 Å². The number of aldehydes is 1. The highest BCUT2D eigenvalue weighted by Crippen LogP contribution is 2.14. The fourth-order valence-corrected chi connectivity index (χ4v) is 1.47. The number of carbonyl (C=O) groups is 2. The van der Waals surface area contributed by atoms with Gasteiger partial charge >= 0.3 is 5.97 Å². The molecule has 0 spiro atoms. The van der Waals surface area contributed by atoms with Gasteiger partial charge in [0.1, 0.15) is 11.8 Å². The molecule has 1 aromatic carbocycles. The summed E-state index contributed by atoms with van der Waals surface area (Å²) in [6, 6.07) is 4.31. The van der Waals surface area contributed by atoms with Crippen molar-refractivity contribution in [2.24, 2.45) is 0 Å². The first-order valence-corrected chi connectivity index (χ1v) is 4.76. The maximum atomic E-state index is 11.8. The second-order valence-corrected chi connectivity index (χ2v) is 3.34. The third kappa shape index (κ3) is 1.82. The molecule has 0 bridgehead atoms. The summed E-state index contributed by atoms with van der Waals surface area (Å²) in [4.78, 5) is 33.7. The molecule has 0 atom stereocenters. The third-order valence-electron chi connectivity index (χ3n) is 2.35. The number of fused-ring (bicyclic) bond motifs is 1. The molecule has 5 heteroatoms. The Hall–Kier alpha value is -2.43. The summed E-state index contributed by atoms with van der Waals surface area (Å²) in [7, 11) is 1.25. The quantitative estimate of drug-likeness (QED) is 0.577. The van der Waals surface area contributed by atoms with Crippen LogP contribution in [0.15, 0.2) is 33.7 Å². The minimum Gasteiger partial charge on any atom is -0.465 e. The molecule has 0 amide bonds.